The molecular formula is C25H25ClFNO3. The summed E-state index contributed by atoms with van der Waals surface area (Å²) in [7, 11) is 0. The molecule has 0 unspecified atom stereocenters. The SMILES string of the molecule is Cc1ccc(-c2ccc(F)c(Cl)c2)cc1C1=C(O)[C@]2(CC[C@]3(CCCO3)CC2)NC1=O. The van der Waals surface area contributed by atoms with Crippen molar-refractivity contribution in [2.45, 2.75) is 56.6 Å². The lowest BCUT2D eigenvalue weighted by molar-refractivity contribution is -0.117. The van der Waals surface area contributed by atoms with Crippen LogP contribution >= 0.6 is 11.6 Å². The molecule has 5 rings (SSSR count). The van der Waals surface area contributed by atoms with E-state index in [1.807, 2.05) is 25.1 Å². The van der Waals surface area contributed by atoms with Crippen LogP contribution in [0.3, 0.4) is 0 Å². The van der Waals surface area contributed by atoms with E-state index in [2.05, 4.69) is 5.32 Å². The molecule has 4 nitrogen and oxygen atoms in total. The molecule has 162 valence electrons. The first-order chi connectivity index (χ1) is 14.8. The molecule has 0 atom stereocenters. The van der Waals surface area contributed by atoms with Gasteiger partial charge in [0.25, 0.3) is 5.91 Å². The lowest BCUT2D eigenvalue weighted by atomic mass is 9.72. The monoisotopic (exact) mass is 441 g/mol. The normalized spacial score (nSPS) is 28.0. The number of hydrogen-bond acceptors (Lipinski definition) is 3. The predicted octanol–water partition coefficient (Wildman–Crippen LogP) is 5.72. The topological polar surface area (TPSA) is 58.6 Å². The van der Waals surface area contributed by atoms with Gasteiger partial charge in [-0.2, -0.15) is 0 Å². The van der Waals surface area contributed by atoms with Gasteiger partial charge >= 0.3 is 0 Å². The van der Waals surface area contributed by atoms with Crippen molar-refractivity contribution in [3.8, 4) is 11.1 Å². The molecule has 3 aliphatic rings. The van der Waals surface area contributed by atoms with E-state index in [1.165, 1.54) is 6.07 Å². The smallest absolute Gasteiger partial charge is 0.256 e. The van der Waals surface area contributed by atoms with Gasteiger partial charge in [0.05, 0.1) is 21.7 Å². The van der Waals surface area contributed by atoms with Gasteiger partial charge in [-0.25, -0.2) is 4.39 Å². The molecule has 2 spiro atoms. The molecule has 2 N–H and O–H groups in total. The Hall–Kier alpha value is -2.37. The summed E-state index contributed by atoms with van der Waals surface area (Å²) in [5.74, 6) is -0.600. The van der Waals surface area contributed by atoms with Crippen molar-refractivity contribution in [3.63, 3.8) is 0 Å². The van der Waals surface area contributed by atoms with Gasteiger partial charge in [-0.15, -0.1) is 0 Å². The average Bonchev–Trinajstić information content (AvgIpc) is 3.30. The number of aliphatic hydroxyl groups excluding tert-OH is 1. The van der Waals surface area contributed by atoms with Crippen LogP contribution in [-0.4, -0.2) is 28.8 Å². The van der Waals surface area contributed by atoms with Crippen LogP contribution < -0.4 is 5.32 Å². The van der Waals surface area contributed by atoms with Gasteiger partial charge in [0.15, 0.2) is 0 Å². The summed E-state index contributed by atoms with van der Waals surface area (Å²) < 4.78 is 19.6. The highest BCUT2D eigenvalue weighted by Gasteiger charge is 2.52. The second-order valence-electron chi connectivity index (χ2n) is 9.05. The van der Waals surface area contributed by atoms with Crippen LogP contribution in [0.1, 0.15) is 49.7 Å². The van der Waals surface area contributed by atoms with Crippen LogP contribution in [0.5, 0.6) is 0 Å². The summed E-state index contributed by atoms with van der Waals surface area (Å²) in [5.41, 5.74) is 2.65. The van der Waals surface area contributed by atoms with Gasteiger partial charge in [0.2, 0.25) is 0 Å². The molecule has 1 aliphatic carbocycles. The third-order valence-corrected chi connectivity index (χ3v) is 7.52. The Morgan fingerprint density at radius 2 is 1.77 bits per heavy atom. The summed E-state index contributed by atoms with van der Waals surface area (Å²) in [4.78, 5) is 13.0. The number of ether oxygens (including phenoxy) is 1. The maximum atomic E-state index is 13.6. The Labute approximate surface area is 186 Å². The first-order valence-electron chi connectivity index (χ1n) is 10.8. The molecule has 1 saturated heterocycles. The fourth-order valence-electron chi connectivity index (χ4n) is 5.33. The fourth-order valence-corrected chi connectivity index (χ4v) is 5.51. The number of aryl methyl sites for hydroxylation is 1. The van der Waals surface area contributed by atoms with Crippen LogP contribution in [-0.2, 0) is 9.53 Å². The Morgan fingerprint density at radius 3 is 2.45 bits per heavy atom. The first kappa shape index (κ1) is 20.5. The molecule has 1 amide bonds. The molecule has 0 bridgehead atoms. The molecule has 0 radical (unpaired) electrons. The molecule has 2 aliphatic heterocycles. The summed E-state index contributed by atoms with van der Waals surface area (Å²) in [6, 6.07) is 10.2. The predicted molar refractivity (Wildman–Crippen MR) is 118 cm³/mol. The van der Waals surface area contributed by atoms with E-state index in [9.17, 15) is 14.3 Å². The minimum Gasteiger partial charge on any atom is -0.509 e. The average molecular weight is 442 g/mol. The number of rotatable bonds is 2. The Bertz CT molecular complexity index is 1090. The third-order valence-electron chi connectivity index (χ3n) is 7.23. The minimum absolute atomic E-state index is 0.0458. The van der Waals surface area contributed by atoms with Gasteiger partial charge < -0.3 is 15.2 Å². The zero-order valence-electron chi connectivity index (χ0n) is 17.4. The van der Waals surface area contributed by atoms with Crippen molar-refractivity contribution >= 4 is 23.1 Å². The van der Waals surface area contributed by atoms with Crippen molar-refractivity contribution in [1.82, 2.24) is 5.32 Å². The van der Waals surface area contributed by atoms with Crippen molar-refractivity contribution < 1.29 is 19.0 Å². The summed E-state index contributed by atoms with van der Waals surface area (Å²) in [5, 5.41) is 14.4. The number of aliphatic hydroxyl groups is 1. The van der Waals surface area contributed by atoms with E-state index in [0.717, 1.165) is 49.0 Å². The van der Waals surface area contributed by atoms with Crippen LogP contribution in [0.4, 0.5) is 4.39 Å². The third kappa shape index (κ3) is 3.35. The van der Waals surface area contributed by atoms with Gasteiger partial charge in [-0.05, 0) is 85.9 Å². The number of benzene rings is 2. The van der Waals surface area contributed by atoms with E-state index in [1.54, 1.807) is 12.1 Å². The van der Waals surface area contributed by atoms with E-state index in [-0.39, 0.29) is 22.3 Å². The van der Waals surface area contributed by atoms with Crippen LogP contribution in [0.25, 0.3) is 16.7 Å². The van der Waals surface area contributed by atoms with E-state index in [0.29, 0.717) is 24.0 Å². The second-order valence-corrected chi connectivity index (χ2v) is 9.46. The minimum atomic E-state index is -0.717. The highest BCUT2D eigenvalue weighted by Crippen LogP contribution is 2.48. The lowest BCUT2D eigenvalue weighted by Gasteiger charge is -2.42. The van der Waals surface area contributed by atoms with Crippen molar-refractivity contribution in [1.29, 1.82) is 0 Å². The summed E-state index contributed by atoms with van der Waals surface area (Å²) >= 11 is 5.96. The lowest BCUT2D eigenvalue weighted by Crippen LogP contribution is -2.51. The largest absolute Gasteiger partial charge is 0.509 e. The molecule has 31 heavy (non-hydrogen) atoms. The quantitative estimate of drug-likeness (QED) is 0.627. The summed E-state index contributed by atoms with van der Waals surface area (Å²) in [6.45, 7) is 2.71. The van der Waals surface area contributed by atoms with Crippen molar-refractivity contribution in [2.75, 3.05) is 6.61 Å². The molecule has 0 aromatic heterocycles. The van der Waals surface area contributed by atoms with Crippen molar-refractivity contribution in [3.05, 3.63) is 64.1 Å². The molecule has 2 aromatic carbocycles. The maximum Gasteiger partial charge on any atom is 0.256 e. The Balaban J connectivity index is 1.52. The maximum absolute atomic E-state index is 13.6. The van der Waals surface area contributed by atoms with E-state index >= 15 is 0 Å². The van der Waals surface area contributed by atoms with Gasteiger partial charge in [-0.3, -0.25) is 4.79 Å². The molecule has 2 fully saturated rings. The zero-order chi connectivity index (χ0) is 21.8. The number of amides is 1. The highest BCUT2D eigenvalue weighted by atomic mass is 35.5. The number of carbonyl (C=O) groups is 1. The Kier molecular flexibility index (Phi) is 4.87. The van der Waals surface area contributed by atoms with Gasteiger partial charge in [0.1, 0.15) is 11.6 Å². The first-order valence-corrected chi connectivity index (χ1v) is 11.2. The number of carbonyl (C=O) groups excluding carboxylic acids is 1. The summed E-state index contributed by atoms with van der Waals surface area (Å²) in [6.07, 6.45) is 5.12. The van der Waals surface area contributed by atoms with Crippen LogP contribution in [0.2, 0.25) is 5.02 Å². The number of hydrogen-bond donors (Lipinski definition) is 2. The Morgan fingerprint density at radius 1 is 1.06 bits per heavy atom. The standard InChI is InChI=1S/C25H25ClFNO3/c1-15-3-4-16(17-5-6-20(27)19(26)14-17)13-18(15)21-22(29)25(28-23(21)30)10-8-24(9-11-25)7-2-12-31-24/h3-6,13-14,29H,2,7-12H2,1H3,(H,28,30)/t24-,25-. The second kappa shape index (κ2) is 7.35. The van der Waals surface area contributed by atoms with Crippen LogP contribution in [0, 0.1) is 12.7 Å². The molecule has 6 heteroatoms. The van der Waals surface area contributed by atoms with Gasteiger partial charge in [-0.1, -0.05) is 29.8 Å². The van der Waals surface area contributed by atoms with E-state index in [4.69, 9.17) is 16.3 Å². The molecular weight excluding hydrogens is 417 g/mol. The molecule has 1 saturated carbocycles. The van der Waals surface area contributed by atoms with Crippen LogP contribution in [0.15, 0.2) is 42.2 Å². The van der Waals surface area contributed by atoms with E-state index < -0.39 is 11.4 Å². The fraction of sp³-hybridized carbons (Fsp3) is 0.400. The van der Waals surface area contributed by atoms with Crippen molar-refractivity contribution in [2.24, 2.45) is 0 Å². The van der Waals surface area contributed by atoms with Gasteiger partial charge in [0, 0.05) is 6.61 Å². The number of nitrogens with one attached hydrogen (secondary N) is 1. The molecule has 2 aromatic rings. The number of halogens is 2. The molecule has 2 heterocycles. The highest BCUT2D eigenvalue weighted by molar-refractivity contribution is 6.31. The zero-order valence-corrected chi connectivity index (χ0v) is 18.2.